The molecule has 20 heavy (non-hydrogen) atoms. The number of anilines is 1. The van der Waals surface area contributed by atoms with Gasteiger partial charge in [-0.05, 0) is 53.2 Å². The van der Waals surface area contributed by atoms with Gasteiger partial charge in [0.05, 0.1) is 15.7 Å². The summed E-state index contributed by atoms with van der Waals surface area (Å²) < 4.78 is 14.5. The van der Waals surface area contributed by atoms with Crippen LogP contribution in [0.5, 0.6) is 0 Å². The van der Waals surface area contributed by atoms with Crippen LogP contribution < -0.4 is 4.90 Å². The smallest absolute Gasteiger partial charge is 0.336 e. The number of carboxylic acid groups (broad SMARTS) is 1. The number of aromatic carboxylic acids is 1. The molecular weight excluding hydrogens is 325 g/mol. The number of benzene rings is 1. The van der Waals surface area contributed by atoms with Crippen LogP contribution in [0.2, 0.25) is 0 Å². The van der Waals surface area contributed by atoms with E-state index in [1.807, 2.05) is 4.90 Å². The predicted octanol–water partition coefficient (Wildman–Crippen LogP) is 4.16. The van der Waals surface area contributed by atoms with Crippen LogP contribution in [0, 0.1) is 17.7 Å². The van der Waals surface area contributed by atoms with E-state index in [0.717, 1.165) is 13.0 Å². The number of carboxylic acids is 1. The van der Waals surface area contributed by atoms with Gasteiger partial charge in [0.2, 0.25) is 0 Å². The molecule has 5 heteroatoms. The SMILES string of the molecule is CC1CC(C)C(C)N(c2ccc(C(=O)O)c(Br)c2F)C1. The number of piperidine rings is 1. The molecule has 1 aromatic rings. The molecule has 0 saturated carbocycles. The summed E-state index contributed by atoms with van der Waals surface area (Å²) in [6, 6.07) is 3.27. The van der Waals surface area contributed by atoms with E-state index in [4.69, 9.17) is 5.11 Å². The van der Waals surface area contributed by atoms with Crippen LogP contribution in [0.1, 0.15) is 37.6 Å². The van der Waals surface area contributed by atoms with Crippen LogP contribution in [0.25, 0.3) is 0 Å². The van der Waals surface area contributed by atoms with Crippen molar-refractivity contribution in [3.63, 3.8) is 0 Å². The predicted molar refractivity (Wildman–Crippen MR) is 80.8 cm³/mol. The minimum absolute atomic E-state index is 0.0283. The highest BCUT2D eigenvalue weighted by Crippen LogP contribution is 2.36. The number of nitrogens with zero attached hydrogens (tertiary/aromatic N) is 1. The lowest BCUT2D eigenvalue weighted by Crippen LogP contribution is -2.46. The first-order valence-electron chi connectivity index (χ1n) is 6.80. The summed E-state index contributed by atoms with van der Waals surface area (Å²) in [6.45, 7) is 7.22. The Morgan fingerprint density at radius 2 is 2.05 bits per heavy atom. The average molecular weight is 344 g/mol. The maximum Gasteiger partial charge on any atom is 0.336 e. The van der Waals surface area contributed by atoms with Crippen molar-refractivity contribution in [2.24, 2.45) is 11.8 Å². The molecule has 3 unspecified atom stereocenters. The summed E-state index contributed by atoms with van der Waals surface area (Å²) in [5.41, 5.74) is 0.435. The summed E-state index contributed by atoms with van der Waals surface area (Å²) in [6.07, 6.45) is 1.13. The van der Waals surface area contributed by atoms with E-state index < -0.39 is 11.8 Å². The molecule has 0 radical (unpaired) electrons. The van der Waals surface area contributed by atoms with E-state index in [1.54, 1.807) is 6.07 Å². The molecule has 0 aliphatic carbocycles. The second kappa shape index (κ2) is 5.72. The third-order valence-electron chi connectivity index (χ3n) is 4.20. The fourth-order valence-electron chi connectivity index (χ4n) is 2.96. The van der Waals surface area contributed by atoms with Crippen molar-refractivity contribution >= 4 is 27.6 Å². The molecule has 1 aliphatic rings. The van der Waals surface area contributed by atoms with Gasteiger partial charge in [0, 0.05) is 12.6 Å². The maximum atomic E-state index is 14.5. The largest absolute Gasteiger partial charge is 0.478 e. The van der Waals surface area contributed by atoms with Gasteiger partial charge in [-0.3, -0.25) is 0 Å². The average Bonchev–Trinajstić information content (AvgIpc) is 2.37. The normalized spacial score (nSPS) is 26.6. The second-order valence-electron chi connectivity index (χ2n) is 5.78. The Balaban J connectivity index is 2.42. The lowest BCUT2D eigenvalue weighted by Gasteiger charge is -2.42. The zero-order valence-electron chi connectivity index (χ0n) is 11.9. The Morgan fingerprint density at radius 3 is 2.65 bits per heavy atom. The zero-order valence-corrected chi connectivity index (χ0v) is 13.4. The quantitative estimate of drug-likeness (QED) is 0.876. The molecule has 1 aromatic carbocycles. The van der Waals surface area contributed by atoms with E-state index in [0.29, 0.717) is 17.5 Å². The second-order valence-corrected chi connectivity index (χ2v) is 6.57. The van der Waals surface area contributed by atoms with E-state index in [9.17, 15) is 9.18 Å². The first kappa shape index (κ1) is 15.3. The topological polar surface area (TPSA) is 40.5 Å². The van der Waals surface area contributed by atoms with Crippen molar-refractivity contribution in [2.45, 2.75) is 33.2 Å². The van der Waals surface area contributed by atoms with Gasteiger partial charge in [0.25, 0.3) is 0 Å². The van der Waals surface area contributed by atoms with Gasteiger partial charge in [-0.25, -0.2) is 9.18 Å². The fraction of sp³-hybridized carbons (Fsp3) is 0.533. The summed E-state index contributed by atoms with van der Waals surface area (Å²) >= 11 is 3.07. The van der Waals surface area contributed by atoms with Crippen molar-refractivity contribution in [3.8, 4) is 0 Å². The monoisotopic (exact) mass is 343 g/mol. The molecule has 110 valence electrons. The molecule has 0 aromatic heterocycles. The Hall–Kier alpha value is -1.10. The highest BCUT2D eigenvalue weighted by Gasteiger charge is 2.31. The van der Waals surface area contributed by atoms with Crippen LogP contribution in [0.15, 0.2) is 16.6 Å². The van der Waals surface area contributed by atoms with E-state index in [2.05, 4.69) is 36.7 Å². The van der Waals surface area contributed by atoms with Gasteiger partial charge in [0.15, 0.2) is 5.82 Å². The van der Waals surface area contributed by atoms with Gasteiger partial charge in [0.1, 0.15) is 0 Å². The summed E-state index contributed by atoms with van der Waals surface area (Å²) in [4.78, 5) is 13.1. The van der Waals surface area contributed by atoms with Gasteiger partial charge < -0.3 is 10.0 Å². The third-order valence-corrected chi connectivity index (χ3v) is 4.97. The minimum Gasteiger partial charge on any atom is -0.478 e. The molecule has 3 nitrogen and oxygen atoms in total. The number of hydrogen-bond donors (Lipinski definition) is 1. The summed E-state index contributed by atoms with van der Waals surface area (Å²) in [5.74, 6) is -0.636. The lowest BCUT2D eigenvalue weighted by molar-refractivity contribution is 0.0695. The van der Waals surface area contributed by atoms with E-state index in [-0.39, 0.29) is 16.1 Å². The first-order valence-corrected chi connectivity index (χ1v) is 7.60. The van der Waals surface area contributed by atoms with Crippen LogP contribution in [0.4, 0.5) is 10.1 Å². The number of halogens is 2. The molecular formula is C15H19BrFNO2. The lowest BCUT2D eigenvalue weighted by atomic mass is 9.85. The molecule has 1 heterocycles. The third kappa shape index (κ3) is 2.68. The van der Waals surface area contributed by atoms with Crippen LogP contribution >= 0.6 is 15.9 Å². The highest BCUT2D eigenvalue weighted by atomic mass is 79.9. The molecule has 2 rings (SSSR count). The summed E-state index contributed by atoms with van der Waals surface area (Å²) in [5, 5.41) is 9.02. The van der Waals surface area contributed by atoms with Crippen molar-refractivity contribution in [3.05, 3.63) is 28.0 Å². The Labute approximate surface area is 126 Å². The molecule has 0 spiro atoms. The number of carbonyl (C=O) groups is 1. The van der Waals surface area contributed by atoms with Crippen molar-refractivity contribution < 1.29 is 14.3 Å². The Morgan fingerprint density at radius 1 is 1.40 bits per heavy atom. The van der Waals surface area contributed by atoms with Gasteiger partial charge >= 0.3 is 5.97 Å². The molecule has 1 fully saturated rings. The number of rotatable bonds is 2. The van der Waals surface area contributed by atoms with Crippen molar-refractivity contribution in [2.75, 3.05) is 11.4 Å². The van der Waals surface area contributed by atoms with Gasteiger partial charge in [-0.2, -0.15) is 0 Å². The van der Waals surface area contributed by atoms with Crippen LogP contribution in [-0.2, 0) is 0 Å². The molecule has 0 amide bonds. The van der Waals surface area contributed by atoms with Crippen LogP contribution in [0.3, 0.4) is 0 Å². The molecule has 0 bridgehead atoms. The number of hydrogen-bond acceptors (Lipinski definition) is 2. The van der Waals surface area contributed by atoms with E-state index >= 15 is 0 Å². The first-order chi connectivity index (χ1) is 9.32. The Kier molecular flexibility index (Phi) is 4.37. The van der Waals surface area contributed by atoms with Crippen LogP contribution in [-0.4, -0.2) is 23.7 Å². The van der Waals surface area contributed by atoms with Gasteiger partial charge in [-0.1, -0.05) is 13.8 Å². The van der Waals surface area contributed by atoms with Crippen molar-refractivity contribution in [1.29, 1.82) is 0 Å². The van der Waals surface area contributed by atoms with E-state index in [1.165, 1.54) is 6.07 Å². The maximum absolute atomic E-state index is 14.5. The minimum atomic E-state index is -1.13. The fourth-order valence-corrected chi connectivity index (χ4v) is 3.46. The highest BCUT2D eigenvalue weighted by molar-refractivity contribution is 9.10. The Bertz CT molecular complexity index is 535. The van der Waals surface area contributed by atoms with Crippen molar-refractivity contribution in [1.82, 2.24) is 0 Å². The molecule has 1 N–H and O–H groups in total. The zero-order chi connectivity index (χ0) is 15.0. The molecule has 3 atom stereocenters. The van der Waals surface area contributed by atoms with Gasteiger partial charge in [-0.15, -0.1) is 0 Å². The summed E-state index contributed by atoms with van der Waals surface area (Å²) in [7, 11) is 0. The molecule has 1 aliphatic heterocycles. The standard InChI is InChI=1S/C15H19BrFNO2/c1-8-6-9(2)10(3)18(7-8)12-5-4-11(15(19)20)13(16)14(12)17/h4-5,8-10H,6-7H2,1-3H3,(H,19,20). The molecule has 1 saturated heterocycles.